The third-order valence-electron chi connectivity index (χ3n) is 4.34. The average molecular weight is 230 g/mol. The van der Waals surface area contributed by atoms with Gasteiger partial charge in [0.2, 0.25) is 0 Å². The van der Waals surface area contributed by atoms with Crippen molar-refractivity contribution in [1.29, 1.82) is 0 Å². The van der Waals surface area contributed by atoms with E-state index in [9.17, 15) is 4.79 Å². The lowest BCUT2D eigenvalue weighted by atomic mass is 9.62. The molecule has 1 aliphatic carbocycles. The first-order chi connectivity index (χ1) is 7.81. The number of Topliss-reactive ketones (excluding diaryl/α,β-unsaturated/α-hetero) is 1. The zero-order valence-electron chi connectivity index (χ0n) is 11.8. The lowest BCUT2D eigenvalue weighted by molar-refractivity contribution is 0.0986. The van der Waals surface area contributed by atoms with Gasteiger partial charge in [-0.1, -0.05) is 20.8 Å². The quantitative estimate of drug-likeness (QED) is 0.701. The summed E-state index contributed by atoms with van der Waals surface area (Å²) in [6, 6.07) is 0. The summed E-state index contributed by atoms with van der Waals surface area (Å²) in [6.45, 7) is 12.9. The van der Waals surface area contributed by atoms with Crippen molar-refractivity contribution < 1.29 is 4.79 Å². The molecule has 0 aromatic heterocycles. The van der Waals surface area contributed by atoms with Crippen LogP contribution < -0.4 is 0 Å². The first-order valence-electron chi connectivity index (χ1n) is 6.47. The number of ketones is 1. The number of rotatable bonds is 2. The molecule has 17 heavy (non-hydrogen) atoms. The lowest BCUT2D eigenvalue weighted by Gasteiger charge is -2.42. The Labute approximate surface area is 104 Å². The molecule has 92 valence electrons. The van der Waals surface area contributed by atoms with Gasteiger partial charge in [-0.05, 0) is 60.4 Å². The molecule has 1 aliphatic rings. The topological polar surface area (TPSA) is 17.1 Å². The van der Waals surface area contributed by atoms with Crippen LogP contribution >= 0.6 is 0 Å². The molecule has 2 rings (SSSR count). The van der Waals surface area contributed by atoms with Crippen molar-refractivity contribution in [3.05, 3.63) is 33.4 Å². The number of hydrogen-bond acceptors (Lipinski definition) is 1. The van der Waals surface area contributed by atoms with E-state index in [4.69, 9.17) is 0 Å². The van der Waals surface area contributed by atoms with E-state index < -0.39 is 0 Å². The van der Waals surface area contributed by atoms with Gasteiger partial charge in [0.25, 0.3) is 0 Å². The third kappa shape index (κ3) is 1.55. The average Bonchev–Trinajstić information content (AvgIpc) is 2.24. The van der Waals surface area contributed by atoms with Crippen LogP contribution in [0.2, 0.25) is 0 Å². The summed E-state index contributed by atoms with van der Waals surface area (Å²) in [6.07, 6.45) is 1.71. The van der Waals surface area contributed by atoms with Crippen molar-refractivity contribution in [2.75, 3.05) is 0 Å². The van der Waals surface area contributed by atoms with Crippen LogP contribution in [0.25, 0.3) is 0 Å². The van der Waals surface area contributed by atoms with Crippen LogP contribution in [0.15, 0.2) is 0 Å². The molecule has 0 amide bonds. The molecule has 1 heteroatoms. The Kier molecular flexibility index (Phi) is 2.68. The predicted molar refractivity (Wildman–Crippen MR) is 72.0 cm³/mol. The minimum Gasteiger partial charge on any atom is -0.294 e. The van der Waals surface area contributed by atoms with Crippen molar-refractivity contribution in [2.24, 2.45) is 0 Å². The second-order valence-electron chi connectivity index (χ2n) is 5.94. The van der Waals surface area contributed by atoms with Gasteiger partial charge in [-0.3, -0.25) is 4.79 Å². The molecule has 0 bridgehead atoms. The summed E-state index contributed by atoms with van der Waals surface area (Å²) in [4.78, 5) is 12.1. The number of benzene rings is 1. The molecule has 0 radical (unpaired) electrons. The normalized spacial score (nSPS) is 16.4. The maximum absolute atomic E-state index is 12.1. The van der Waals surface area contributed by atoms with Crippen LogP contribution in [-0.4, -0.2) is 5.78 Å². The van der Waals surface area contributed by atoms with E-state index in [0.29, 0.717) is 11.8 Å². The molecule has 0 aliphatic heterocycles. The molecular formula is C16H22O. The van der Waals surface area contributed by atoms with Crippen LogP contribution in [0.5, 0.6) is 0 Å². The van der Waals surface area contributed by atoms with E-state index in [0.717, 1.165) is 12.0 Å². The van der Waals surface area contributed by atoms with Gasteiger partial charge in [0, 0.05) is 12.0 Å². The van der Waals surface area contributed by atoms with Crippen molar-refractivity contribution in [3.8, 4) is 0 Å². The minimum atomic E-state index is 0.288. The molecule has 0 saturated carbocycles. The summed E-state index contributed by atoms with van der Waals surface area (Å²) >= 11 is 0. The van der Waals surface area contributed by atoms with Crippen molar-refractivity contribution in [1.82, 2.24) is 0 Å². The molecule has 0 atom stereocenters. The fourth-order valence-corrected chi connectivity index (χ4v) is 3.38. The van der Waals surface area contributed by atoms with Crippen molar-refractivity contribution in [3.63, 3.8) is 0 Å². The van der Waals surface area contributed by atoms with Crippen LogP contribution in [0.3, 0.4) is 0 Å². The highest BCUT2D eigenvalue weighted by atomic mass is 16.1. The van der Waals surface area contributed by atoms with Gasteiger partial charge in [-0.2, -0.15) is 0 Å². The van der Waals surface area contributed by atoms with Crippen LogP contribution in [0, 0.1) is 20.8 Å². The zero-order chi connectivity index (χ0) is 13.0. The summed E-state index contributed by atoms with van der Waals surface area (Å²) in [5.41, 5.74) is 7.95. The first kappa shape index (κ1) is 12.3. The maximum atomic E-state index is 12.1. The van der Waals surface area contributed by atoms with Gasteiger partial charge < -0.3 is 0 Å². The van der Waals surface area contributed by atoms with Gasteiger partial charge in [0.1, 0.15) is 0 Å². The van der Waals surface area contributed by atoms with E-state index in [1.54, 1.807) is 0 Å². The van der Waals surface area contributed by atoms with Gasteiger partial charge in [0.05, 0.1) is 0 Å². The van der Waals surface area contributed by atoms with E-state index in [-0.39, 0.29) is 5.78 Å². The highest BCUT2D eigenvalue weighted by Crippen LogP contribution is 2.46. The van der Waals surface area contributed by atoms with Gasteiger partial charge in [-0.15, -0.1) is 0 Å². The molecule has 0 heterocycles. The zero-order valence-corrected chi connectivity index (χ0v) is 11.8. The second kappa shape index (κ2) is 3.69. The fraction of sp³-hybridized carbons (Fsp3) is 0.562. The molecule has 1 nitrogen and oxygen atoms in total. The highest BCUT2D eigenvalue weighted by molar-refractivity contribution is 5.99. The van der Waals surface area contributed by atoms with Crippen LogP contribution in [0.4, 0.5) is 0 Å². The van der Waals surface area contributed by atoms with E-state index in [2.05, 4.69) is 34.6 Å². The molecule has 0 N–H and O–H groups in total. The Balaban J connectivity index is 2.73. The van der Waals surface area contributed by atoms with Crippen LogP contribution in [-0.2, 0) is 11.8 Å². The number of carbonyl (C=O) groups is 1. The fourth-order valence-electron chi connectivity index (χ4n) is 3.38. The standard InChI is InChI=1S/C16H22O/c1-7-13(17)14-9(2)10(3)15-12(11(14)4)8-16(15,5)6/h7-8H2,1-6H3. The number of fused-ring (bicyclic) bond motifs is 1. The molecule has 0 unspecified atom stereocenters. The second-order valence-corrected chi connectivity index (χ2v) is 5.94. The molecular weight excluding hydrogens is 208 g/mol. The Morgan fingerprint density at radius 2 is 1.71 bits per heavy atom. The van der Waals surface area contributed by atoms with E-state index in [1.807, 2.05) is 6.92 Å². The third-order valence-corrected chi connectivity index (χ3v) is 4.34. The highest BCUT2D eigenvalue weighted by Gasteiger charge is 2.38. The number of carbonyl (C=O) groups excluding carboxylic acids is 1. The van der Waals surface area contributed by atoms with Crippen molar-refractivity contribution in [2.45, 2.75) is 59.8 Å². The lowest BCUT2D eigenvalue weighted by Crippen LogP contribution is -2.36. The molecule has 1 aromatic rings. The molecule has 0 spiro atoms. The Morgan fingerprint density at radius 1 is 1.12 bits per heavy atom. The summed E-state index contributed by atoms with van der Waals surface area (Å²) in [7, 11) is 0. The Morgan fingerprint density at radius 3 is 2.18 bits per heavy atom. The van der Waals surface area contributed by atoms with E-state index >= 15 is 0 Å². The summed E-state index contributed by atoms with van der Waals surface area (Å²) < 4.78 is 0. The molecule has 0 saturated heterocycles. The summed E-state index contributed by atoms with van der Waals surface area (Å²) in [5.74, 6) is 0.288. The Bertz CT molecular complexity index is 484. The minimum absolute atomic E-state index is 0.288. The smallest absolute Gasteiger partial charge is 0.163 e. The van der Waals surface area contributed by atoms with Crippen LogP contribution in [0.1, 0.15) is 65.4 Å². The molecule has 1 aromatic carbocycles. The predicted octanol–water partition coefficient (Wildman–Crippen LogP) is 4.04. The van der Waals surface area contributed by atoms with Gasteiger partial charge >= 0.3 is 0 Å². The van der Waals surface area contributed by atoms with Gasteiger partial charge in [0.15, 0.2) is 5.78 Å². The largest absolute Gasteiger partial charge is 0.294 e. The Hall–Kier alpha value is -1.11. The molecule has 0 fully saturated rings. The van der Waals surface area contributed by atoms with Gasteiger partial charge in [-0.25, -0.2) is 0 Å². The van der Waals surface area contributed by atoms with Crippen molar-refractivity contribution >= 4 is 5.78 Å². The summed E-state index contributed by atoms with van der Waals surface area (Å²) in [5, 5.41) is 0. The van der Waals surface area contributed by atoms with E-state index in [1.165, 1.54) is 27.8 Å². The number of hydrogen-bond donors (Lipinski definition) is 0. The maximum Gasteiger partial charge on any atom is 0.163 e. The monoisotopic (exact) mass is 230 g/mol. The first-order valence-corrected chi connectivity index (χ1v) is 6.47. The SMILES string of the molecule is CCC(=O)c1c(C)c(C)c2c(c1C)CC2(C)C.